The minimum Gasteiger partial charge on any atom is -0.370 e. The summed E-state index contributed by atoms with van der Waals surface area (Å²) in [5.74, 6) is 0.436. The third-order valence-electron chi connectivity index (χ3n) is 7.12. The molecule has 0 aromatic heterocycles. The minimum absolute atomic E-state index is 0.176. The molecule has 3 aliphatic rings. The number of anilines is 1. The smallest absolute Gasteiger partial charge is 0.249 e. The highest BCUT2D eigenvalue weighted by molar-refractivity contribution is 6.01. The van der Waals surface area contributed by atoms with Crippen LogP contribution in [0.5, 0.6) is 0 Å². The molecule has 4 rings (SSSR count). The number of hydrogen-bond donors (Lipinski definition) is 1. The predicted molar refractivity (Wildman–Crippen MR) is 116 cm³/mol. The zero-order valence-electron chi connectivity index (χ0n) is 18.0. The van der Waals surface area contributed by atoms with E-state index in [1.807, 2.05) is 0 Å². The molecule has 5 nitrogen and oxygen atoms in total. The van der Waals surface area contributed by atoms with Gasteiger partial charge in [0.05, 0.1) is 0 Å². The molecule has 2 fully saturated rings. The summed E-state index contributed by atoms with van der Waals surface area (Å²) in [5, 5.41) is 2.47. The van der Waals surface area contributed by atoms with E-state index in [0.717, 1.165) is 30.3 Å². The van der Waals surface area contributed by atoms with Crippen molar-refractivity contribution < 1.29 is 9.59 Å². The highest BCUT2D eigenvalue weighted by atomic mass is 16.2. The number of imide groups is 1. The Morgan fingerprint density at radius 1 is 1.31 bits per heavy atom. The maximum Gasteiger partial charge on any atom is 0.249 e. The number of hydrogen-bond acceptors (Lipinski definition) is 4. The number of piperidine rings is 1. The van der Waals surface area contributed by atoms with Crippen molar-refractivity contribution in [1.29, 1.82) is 0 Å². The van der Waals surface area contributed by atoms with Gasteiger partial charge in [-0.3, -0.25) is 14.9 Å². The molecule has 0 bridgehead atoms. The van der Waals surface area contributed by atoms with Gasteiger partial charge in [-0.05, 0) is 36.5 Å². The van der Waals surface area contributed by atoms with Gasteiger partial charge in [0.2, 0.25) is 11.8 Å². The quantitative estimate of drug-likeness (QED) is 0.742. The van der Waals surface area contributed by atoms with Crippen LogP contribution in [0.25, 0.3) is 5.70 Å². The van der Waals surface area contributed by atoms with Gasteiger partial charge in [0.15, 0.2) is 0 Å². The SMILES string of the molecule is C=C1c2ccc(N3CC(C)(CCC(C)CC)C3)cc2CN1C1CCC(=O)NC1=O. The van der Waals surface area contributed by atoms with Crippen LogP contribution in [-0.2, 0) is 16.1 Å². The molecule has 2 amide bonds. The lowest BCUT2D eigenvalue weighted by Gasteiger charge is -2.50. The van der Waals surface area contributed by atoms with Crippen LogP contribution >= 0.6 is 0 Å². The van der Waals surface area contributed by atoms with Crippen molar-refractivity contribution >= 4 is 23.2 Å². The highest BCUT2D eigenvalue weighted by Gasteiger charge is 2.40. The molecule has 3 heterocycles. The summed E-state index contributed by atoms with van der Waals surface area (Å²) in [7, 11) is 0. The molecule has 3 aliphatic heterocycles. The van der Waals surface area contributed by atoms with Gasteiger partial charge in [0, 0.05) is 48.4 Å². The van der Waals surface area contributed by atoms with Gasteiger partial charge in [-0.25, -0.2) is 0 Å². The van der Waals surface area contributed by atoms with E-state index < -0.39 is 0 Å². The Hall–Kier alpha value is -2.30. The molecule has 29 heavy (non-hydrogen) atoms. The molecule has 156 valence electrons. The van der Waals surface area contributed by atoms with Crippen molar-refractivity contribution in [3.05, 3.63) is 35.9 Å². The molecule has 0 spiro atoms. The second-order valence-corrected chi connectivity index (χ2v) is 9.60. The topological polar surface area (TPSA) is 52.6 Å². The summed E-state index contributed by atoms with van der Waals surface area (Å²) in [6.07, 6.45) is 4.82. The van der Waals surface area contributed by atoms with Crippen LogP contribution in [0.2, 0.25) is 0 Å². The average molecular weight is 396 g/mol. The summed E-state index contributed by atoms with van der Waals surface area (Å²) in [5.41, 5.74) is 4.93. The number of benzene rings is 1. The first-order valence-electron chi connectivity index (χ1n) is 11.0. The number of rotatable bonds is 6. The van der Waals surface area contributed by atoms with Crippen LogP contribution in [0.15, 0.2) is 24.8 Å². The normalized spacial score (nSPS) is 24.2. The first-order valence-corrected chi connectivity index (χ1v) is 11.0. The maximum atomic E-state index is 12.3. The largest absolute Gasteiger partial charge is 0.370 e. The van der Waals surface area contributed by atoms with Gasteiger partial charge in [-0.1, -0.05) is 46.3 Å². The molecular weight excluding hydrogens is 362 g/mol. The van der Waals surface area contributed by atoms with Crippen molar-refractivity contribution in [2.45, 2.75) is 65.5 Å². The predicted octanol–water partition coefficient (Wildman–Crippen LogP) is 3.93. The van der Waals surface area contributed by atoms with Crippen LogP contribution in [-0.4, -0.2) is 35.8 Å². The fraction of sp³-hybridized carbons (Fsp3) is 0.583. The Morgan fingerprint density at radius 3 is 2.76 bits per heavy atom. The number of carbonyl (C=O) groups is 2. The maximum absolute atomic E-state index is 12.3. The number of amides is 2. The van der Waals surface area contributed by atoms with Gasteiger partial charge in [-0.2, -0.15) is 0 Å². The van der Waals surface area contributed by atoms with Gasteiger partial charge in [0.1, 0.15) is 6.04 Å². The fourth-order valence-electron chi connectivity index (χ4n) is 4.92. The van der Waals surface area contributed by atoms with Crippen molar-refractivity contribution in [2.75, 3.05) is 18.0 Å². The Labute approximate surface area is 174 Å². The molecule has 5 heteroatoms. The summed E-state index contributed by atoms with van der Waals surface area (Å²) in [6, 6.07) is 6.30. The van der Waals surface area contributed by atoms with Crippen molar-refractivity contribution in [3.63, 3.8) is 0 Å². The summed E-state index contributed by atoms with van der Waals surface area (Å²) >= 11 is 0. The number of carbonyl (C=O) groups excluding carboxylic acids is 2. The van der Waals surface area contributed by atoms with Crippen molar-refractivity contribution in [1.82, 2.24) is 10.2 Å². The Balaban J connectivity index is 1.41. The molecule has 0 aliphatic carbocycles. The highest BCUT2D eigenvalue weighted by Crippen LogP contribution is 2.42. The second-order valence-electron chi connectivity index (χ2n) is 9.60. The second kappa shape index (κ2) is 7.51. The molecule has 2 unspecified atom stereocenters. The molecule has 0 radical (unpaired) electrons. The van der Waals surface area contributed by atoms with Gasteiger partial charge in [-0.15, -0.1) is 0 Å². The molecule has 1 aromatic rings. The molecule has 1 aromatic carbocycles. The van der Waals surface area contributed by atoms with Crippen LogP contribution < -0.4 is 10.2 Å². The number of nitrogens with zero attached hydrogens (tertiary/aromatic N) is 2. The lowest BCUT2D eigenvalue weighted by molar-refractivity contribution is -0.136. The van der Waals surface area contributed by atoms with E-state index in [-0.39, 0.29) is 17.9 Å². The fourth-order valence-corrected chi connectivity index (χ4v) is 4.92. The molecule has 2 saturated heterocycles. The monoisotopic (exact) mass is 395 g/mol. The van der Waals surface area contributed by atoms with Crippen LogP contribution in [0.4, 0.5) is 5.69 Å². The third-order valence-corrected chi connectivity index (χ3v) is 7.12. The molecule has 1 N–H and O–H groups in total. The van der Waals surface area contributed by atoms with E-state index in [1.165, 1.54) is 30.5 Å². The Kier molecular flexibility index (Phi) is 5.18. The van der Waals surface area contributed by atoms with Gasteiger partial charge < -0.3 is 9.80 Å². The summed E-state index contributed by atoms with van der Waals surface area (Å²) in [6.45, 7) is 14.2. The van der Waals surface area contributed by atoms with Crippen LogP contribution in [0.3, 0.4) is 0 Å². The minimum atomic E-state index is -0.302. The first-order chi connectivity index (χ1) is 13.8. The first kappa shape index (κ1) is 20.0. The van der Waals surface area contributed by atoms with E-state index in [4.69, 9.17) is 0 Å². The van der Waals surface area contributed by atoms with Gasteiger partial charge in [0.25, 0.3) is 0 Å². The molecular formula is C24H33N3O2. The van der Waals surface area contributed by atoms with E-state index >= 15 is 0 Å². The van der Waals surface area contributed by atoms with E-state index in [9.17, 15) is 9.59 Å². The Morgan fingerprint density at radius 2 is 2.07 bits per heavy atom. The van der Waals surface area contributed by atoms with Crippen LogP contribution in [0, 0.1) is 11.3 Å². The van der Waals surface area contributed by atoms with E-state index in [2.05, 4.69) is 60.7 Å². The van der Waals surface area contributed by atoms with Crippen molar-refractivity contribution in [3.8, 4) is 0 Å². The van der Waals surface area contributed by atoms with Crippen molar-refractivity contribution in [2.24, 2.45) is 11.3 Å². The molecule has 2 atom stereocenters. The van der Waals surface area contributed by atoms with E-state index in [0.29, 0.717) is 24.8 Å². The average Bonchev–Trinajstić information content (AvgIpc) is 2.99. The zero-order chi connectivity index (χ0) is 20.8. The number of fused-ring (bicyclic) bond motifs is 1. The lowest BCUT2D eigenvalue weighted by atomic mass is 9.76. The van der Waals surface area contributed by atoms with E-state index in [1.54, 1.807) is 0 Å². The van der Waals surface area contributed by atoms with Gasteiger partial charge >= 0.3 is 0 Å². The molecule has 0 saturated carbocycles. The number of nitrogens with one attached hydrogen (secondary N) is 1. The lowest BCUT2D eigenvalue weighted by Crippen LogP contribution is -2.55. The Bertz CT molecular complexity index is 841. The third kappa shape index (κ3) is 3.79. The summed E-state index contributed by atoms with van der Waals surface area (Å²) < 4.78 is 0. The van der Waals surface area contributed by atoms with Crippen LogP contribution in [0.1, 0.15) is 64.0 Å². The zero-order valence-corrected chi connectivity index (χ0v) is 18.0. The summed E-state index contributed by atoms with van der Waals surface area (Å²) in [4.78, 5) is 28.3. The standard InChI is InChI=1S/C24H33N3O2/c1-5-16(2)10-11-24(4)14-26(15-24)19-6-7-20-17(3)27(13-18(20)12-19)21-8-9-22(28)25-23(21)29/h6-7,12,16,21H,3,5,8-11,13-15H2,1-2,4H3,(H,25,28,29).